The molecule has 0 saturated heterocycles. The Labute approximate surface area is 108 Å². The van der Waals surface area contributed by atoms with Crippen LogP contribution in [0.2, 0.25) is 0 Å². The standard InChI is InChI=1S/C14H20N2O2/c1-3-16(10-14(17)18)9-11-4-5-13-12(8-11)6-7-15(13)2/h4-5,8H,3,6-7,9-10H2,1-2H3,(H,17,18). The molecule has 1 aliphatic heterocycles. The third-order valence-electron chi connectivity index (χ3n) is 3.48. The number of aliphatic carboxylic acids is 1. The van der Waals surface area contributed by atoms with Gasteiger partial charge in [0.05, 0.1) is 6.54 Å². The second-order valence-corrected chi connectivity index (χ2v) is 4.83. The zero-order chi connectivity index (χ0) is 13.1. The van der Waals surface area contributed by atoms with Crippen molar-refractivity contribution < 1.29 is 9.90 Å². The Bertz CT molecular complexity index is 445. The Balaban J connectivity index is 2.08. The van der Waals surface area contributed by atoms with Gasteiger partial charge in [0.2, 0.25) is 0 Å². The van der Waals surface area contributed by atoms with Crippen LogP contribution in [-0.4, -0.2) is 42.7 Å². The van der Waals surface area contributed by atoms with Crippen molar-refractivity contribution in [2.24, 2.45) is 0 Å². The van der Waals surface area contributed by atoms with E-state index >= 15 is 0 Å². The highest BCUT2D eigenvalue weighted by Gasteiger charge is 2.16. The molecule has 1 N–H and O–H groups in total. The molecule has 1 aromatic carbocycles. The Hall–Kier alpha value is -1.55. The van der Waals surface area contributed by atoms with E-state index in [9.17, 15) is 4.79 Å². The molecule has 0 unspecified atom stereocenters. The summed E-state index contributed by atoms with van der Waals surface area (Å²) in [6, 6.07) is 6.46. The highest BCUT2D eigenvalue weighted by Crippen LogP contribution is 2.27. The van der Waals surface area contributed by atoms with Gasteiger partial charge in [-0.2, -0.15) is 0 Å². The van der Waals surface area contributed by atoms with Crippen molar-refractivity contribution in [2.75, 3.05) is 31.6 Å². The first-order valence-corrected chi connectivity index (χ1v) is 6.37. The number of likely N-dealkylation sites (N-methyl/N-ethyl adjacent to an activating group) is 2. The number of carboxylic acid groups (broad SMARTS) is 1. The quantitative estimate of drug-likeness (QED) is 0.859. The second kappa shape index (κ2) is 5.40. The molecule has 0 radical (unpaired) electrons. The van der Waals surface area contributed by atoms with Gasteiger partial charge in [-0.25, -0.2) is 0 Å². The van der Waals surface area contributed by atoms with Gasteiger partial charge in [-0.3, -0.25) is 9.69 Å². The minimum absolute atomic E-state index is 0.105. The van der Waals surface area contributed by atoms with Crippen molar-refractivity contribution >= 4 is 11.7 Å². The lowest BCUT2D eigenvalue weighted by molar-refractivity contribution is -0.138. The molecule has 0 aromatic heterocycles. The molecule has 1 aliphatic rings. The van der Waals surface area contributed by atoms with Gasteiger partial charge in [0.1, 0.15) is 0 Å². The summed E-state index contributed by atoms with van der Waals surface area (Å²) in [6.07, 6.45) is 1.09. The molecule has 1 aromatic rings. The lowest BCUT2D eigenvalue weighted by Gasteiger charge is -2.19. The van der Waals surface area contributed by atoms with Gasteiger partial charge < -0.3 is 10.0 Å². The number of benzene rings is 1. The predicted octanol–water partition coefficient (Wildman–Crippen LogP) is 1.59. The summed E-state index contributed by atoms with van der Waals surface area (Å²) in [7, 11) is 2.11. The van der Waals surface area contributed by atoms with E-state index in [4.69, 9.17) is 5.11 Å². The first-order chi connectivity index (χ1) is 8.60. The van der Waals surface area contributed by atoms with Crippen molar-refractivity contribution in [3.8, 4) is 0 Å². The smallest absolute Gasteiger partial charge is 0.317 e. The van der Waals surface area contributed by atoms with Crippen molar-refractivity contribution in [1.82, 2.24) is 4.90 Å². The zero-order valence-corrected chi connectivity index (χ0v) is 11.0. The first-order valence-electron chi connectivity index (χ1n) is 6.37. The highest BCUT2D eigenvalue weighted by atomic mass is 16.4. The predicted molar refractivity (Wildman–Crippen MR) is 72.0 cm³/mol. The van der Waals surface area contributed by atoms with E-state index < -0.39 is 5.97 Å². The van der Waals surface area contributed by atoms with Crippen LogP contribution in [-0.2, 0) is 17.8 Å². The fraction of sp³-hybridized carbons (Fsp3) is 0.500. The SMILES string of the molecule is CCN(CC(=O)O)Cc1ccc2c(c1)CCN2C. The Morgan fingerprint density at radius 2 is 2.28 bits per heavy atom. The van der Waals surface area contributed by atoms with Crippen LogP contribution >= 0.6 is 0 Å². The van der Waals surface area contributed by atoms with Crippen LogP contribution in [0.25, 0.3) is 0 Å². The third-order valence-corrected chi connectivity index (χ3v) is 3.48. The maximum Gasteiger partial charge on any atom is 0.317 e. The van der Waals surface area contributed by atoms with E-state index in [0.29, 0.717) is 6.54 Å². The summed E-state index contributed by atoms with van der Waals surface area (Å²) in [5.41, 5.74) is 3.88. The third kappa shape index (κ3) is 2.82. The molecule has 0 saturated carbocycles. The van der Waals surface area contributed by atoms with E-state index in [0.717, 1.165) is 19.5 Å². The number of nitrogens with zero attached hydrogens (tertiary/aromatic N) is 2. The number of hydrogen-bond acceptors (Lipinski definition) is 3. The average molecular weight is 248 g/mol. The lowest BCUT2D eigenvalue weighted by atomic mass is 10.1. The van der Waals surface area contributed by atoms with E-state index in [-0.39, 0.29) is 6.54 Å². The molecule has 0 bridgehead atoms. The van der Waals surface area contributed by atoms with Crippen LogP contribution in [0.15, 0.2) is 18.2 Å². The fourth-order valence-electron chi connectivity index (χ4n) is 2.45. The summed E-state index contributed by atoms with van der Waals surface area (Å²) < 4.78 is 0. The minimum atomic E-state index is -0.766. The van der Waals surface area contributed by atoms with Gasteiger partial charge in [-0.05, 0) is 30.2 Å². The Morgan fingerprint density at radius 1 is 1.50 bits per heavy atom. The number of anilines is 1. The summed E-state index contributed by atoms with van der Waals surface area (Å²) in [5.74, 6) is -0.766. The summed E-state index contributed by atoms with van der Waals surface area (Å²) in [5, 5.41) is 8.83. The van der Waals surface area contributed by atoms with Gasteiger partial charge in [-0.15, -0.1) is 0 Å². The zero-order valence-electron chi connectivity index (χ0n) is 11.0. The number of carbonyl (C=O) groups is 1. The van der Waals surface area contributed by atoms with Crippen molar-refractivity contribution in [3.05, 3.63) is 29.3 Å². The fourth-order valence-corrected chi connectivity index (χ4v) is 2.45. The monoisotopic (exact) mass is 248 g/mol. The molecule has 98 valence electrons. The van der Waals surface area contributed by atoms with Gasteiger partial charge in [0.25, 0.3) is 0 Å². The molecule has 4 heteroatoms. The van der Waals surface area contributed by atoms with Gasteiger partial charge >= 0.3 is 5.97 Å². The molecular weight excluding hydrogens is 228 g/mol. The lowest BCUT2D eigenvalue weighted by Crippen LogP contribution is -2.29. The molecule has 18 heavy (non-hydrogen) atoms. The molecule has 0 aliphatic carbocycles. The van der Waals surface area contributed by atoms with Crippen LogP contribution in [0.4, 0.5) is 5.69 Å². The largest absolute Gasteiger partial charge is 0.480 e. The Kier molecular flexibility index (Phi) is 3.87. The van der Waals surface area contributed by atoms with Crippen molar-refractivity contribution in [1.29, 1.82) is 0 Å². The van der Waals surface area contributed by atoms with Crippen LogP contribution in [0, 0.1) is 0 Å². The van der Waals surface area contributed by atoms with Gasteiger partial charge in [0, 0.05) is 25.8 Å². The molecule has 0 fully saturated rings. The number of fused-ring (bicyclic) bond motifs is 1. The van der Waals surface area contributed by atoms with Crippen LogP contribution in [0.1, 0.15) is 18.1 Å². The molecule has 0 amide bonds. The first kappa shape index (κ1) is 12.9. The van der Waals surface area contributed by atoms with Crippen molar-refractivity contribution in [3.63, 3.8) is 0 Å². The number of rotatable bonds is 5. The summed E-state index contributed by atoms with van der Waals surface area (Å²) >= 11 is 0. The summed E-state index contributed by atoms with van der Waals surface area (Å²) in [6.45, 7) is 4.63. The van der Waals surface area contributed by atoms with Crippen LogP contribution < -0.4 is 4.90 Å². The van der Waals surface area contributed by atoms with Gasteiger partial charge in [0.15, 0.2) is 0 Å². The highest BCUT2D eigenvalue weighted by molar-refractivity contribution is 5.69. The maximum atomic E-state index is 10.7. The van der Waals surface area contributed by atoms with Crippen molar-refractivity contribution in [2.45, 2.75) is 19.9 Å². The molecule has 4 nitrogen and oxygen atoms in total. The summed E-state index contributed by atoms with van der Waals surface area (Å²) in [4.78, 5) is 14.9. The normalized spacial score (nSPS) is 14.1. The van der Waals surface area contributed by atoms with E-state index in [2.05, 4.69) is 30.1 Å². The number of hydrogen-bond donors (Lipinski definition) is 1. The van der Waals surface area contributed by atoms with Crippen LogP contribution in [0.5, 0.6) is 0 Å². The molecule has 0 spiro atoms. The topological polar surface area (TPSA) is 43.8 Å². The van der Waals surface area contributed by atoms with Gasteiger partial charge in [-0.1, -0.05) is 19.1 Å². The molecule has 1 heterocycles. The van der Waals surface area contributed by atoms with E-state index in [1.807, 2.05) is 11.8 Å². The van der Waals surface area contributed by atoms with E-state index in [1.54, 1.807) is 0 Å². The Morgan fingerprint density at radius 3 is 2.94 bits per heavy atom. The maximum absolute atomic E-state index is 10.7. The molecule has 0 atom stereocenters. The van der Waals surface area contributed by atoms with E-state index in [1.165, 1.54) is 16.8 Å². The molecule has 2 rings (SSSR count). The van der Waals surface area contributed by atoms with Crippen LogP contribution in [0.3, 0.4) is 0 Å². The second-order valence-electron chi connectivity index (χ2n) is 4.83. The minimum Gasteiger partial charge on any atom is -0.480 e. The molecular formula is C14H20N2O2. The number of carboxylic acids is 1. The average Bonchev–Trinajstić information content (AvgIpc) is 2.69.